The normalized spacial score (nSPS) is 15.3. The number of fused-ring (bicyclic) bond motifs is 1. The molecule has 102 valence electrons. The highest BCUT2D eigenvalue weighted by atomic mass is 35.5. The zero-order valence-electron chi connectivity index (χ0n) is 10.6. The van der Waals surface area contributed by atoms with Gasteiger partial charge >= 0.3 is 0 Å². The van der Waals surface area contributed by atoms with Crippen LogP contribution in [0.3, 0.4) is 0 Å². The van der Waals surface area contributed by atoms with Crippen LogP contribution in [0.25, 0.3) is 11.0 Å². The molecule has 1 aromatic heterocycles. The summed E-state index contributed by atoms with van der Waals surface area (Å²) in [6.45, 7) is 1.18. The summed E-state index contributed by atoms with van der Waals surface area (Å²) in [7, 11) is 1.67. The number of halogens is 2. The van der Waals surface area contributed by atoms with Crippen LogP contribution in [0.4, 0.5) is 0 Å². The lowest BCUT2D eigenvalue weighted by molar-refractivity contribution is 0.183. The number of furan rings is 1. The Morgan fingerprint density at radius 3 is 2.84 bits per heavy atom. The first-order valence-electron chi connectivity index (χ1n) is 6.30. The van der Waals surface area contributed by atoms with Crippen LogP contribution in [-0.2, 0) is 17.9 Å². The number of rotatable bonds is 5. The second kappa shape index (κ2) is 5.33. The summed E-state index contributed by atoms with van der Waals surface area (Å²) >= 11 is 12.3. The van der Waals surface area contributed by atoms with Crippen LogP contribution < -0.4 is 5.32 Å². The van der Waals surface area contributed by atoms with Gasteiger partial charge in [0.25, 0.3) is 0 Å². The predicted molar refractivity (Wildman–Crippen MR) is 76.8 cm³/mol. The maximum atomic E-state index is 6.27. The van der Waals surface area contributed by atoms with Gasteiger partial charge in [-0.2, -0.15) is 0 Å². The van der Waals surface area contributed by atoms with E-state index in [1.807, 2.05) is 0 Å². The first-order valence-corrected chi connectivity index (χ1v) is 7.06. The molecule has 0 amide bonds. The molecule has 0 saturated heterocycles. The van der Waals surface area contributed by atoms with E-state index in [0.717, 1.165) is 22.3 Å². The largest absolute Gasteiger partial charge is 0.459 e. The molecule has 19 heavy (non-hydrogen) atoms. The van der Waals surface area contributed by atoms with Crippen molar-refractivity contribution >= 4 is 34.2 Å². The van der Waals surface area contributed by atoms with Crippen molar-refractivity contribution in [3.8, 4) is 0 Å². The van der Waals surface area contributed by atoms with E-state index in [1.54, 1.807) is 19.2 Å². The fraction of sp³-hybridized carbons (Fsp3) is 0.429. The van der Waals surface area contributed by atoms with Crippen molar-refractivity contribution in [3.05, 3.63) is 33.5 Å². The average molecular weight is 300 g/mol. The molecule has 1 heterocycles. The molecule has 1 N–H and O–H groups in total. The van der Waals surface area contributed by atoms with E-state index in [2.05, 4.69) is 5.32 Å². The predicted octanol–water partition coefficient (Wildman–Crippen LogP) is 4.14. The third-order valence-corrected chi connectivity index (χ3v) is 3.82. The molecule has 1 saturated carbocycles. The van der Waals surface area contributed by atoms with E-state index < -0.39 is 0 Å². The van der Waals surface area contributed by atoms with Crippen molar-refractivity contribution in [1.29, 1.82) is 0 Å². The highest BCUT2D eigenvalue weighted by Crippen LogP contribution is 2.35. The molecule has 0 radical (unpaired) electrons. The molecule has 0 atom stereocenters. The van der Waals surface area contributed by atoms with Gasteiger partial charge in [0, 0.05) is 35.2 Å². The zero-order valence-corrected chi connectivity index (χ0v) is 12.1. The second-order valence-electron chi connectivity index (χ2n) is 4.85. The summed E-state index contributed by atoms with van der Waals surface area (Å²) in [4.78, 5) is 0. The van der Waals surface area contributed by atoms with Crippen molar-refractivity contribution < 1.29 is 9.15 Å². The third-order valence-electron chi connectivity index (χ3n) is 3.31. The Balaban J connectivity index is 2.03. The van der Waals surface area contributed by atoms with Gasteiger partial charge in [-0.25, -0.2) is 0 Å². The smallest absolute Gasteiger partial charge is 0.137 e. The van der Waals surface area contributed by atoms with Gasteiger partial charge < -0.3 is 14.5 Å². The summed E-state index contributed by atoms with van der Waals surface area (Å²) in [5.74, 6) is 0.882. The van der Waals surface area contributed by atoms with E-state index in [4.69, 9.17) is 32.4 Å². The van der Waals surface area contributed by atoms with Crippen LogP contribution in [0.5, 0.6) is 0 Å². The van der Waals surface area contributed by atoms with Crippen LogP contribution in [-0.4, -0.2) is 13.2 Å². The molecule has 0 unspecified atom stereocenters. The first-order chi connectivity index (χ1) is 9.19. The third kappa shape index (κ3) is 2.75. The Kier molecular flexibility index (Phi) is 3.72. The molecule has 1 aliphatic rings. The summed E-state index contributed by atoms with van der Waals surface area (Å²) in [6, 6.07) is 4.16. The molecule has 0 bridgehead atoms. The van der Waals surface area contributed by atoms with Crippen LogP contribution in [0, 0.1) is 0 Å². The molecule has 0 spiro atoms. The second-order valence-corrected chi connectivity index (χ2v) is 5.70. The molecule has 1 aromatic carbocycles. The Bertz CT molecular complexity index is 605. The van der Waals surface area contributed by atoms with Crippen molar-refractivity contribution in [1.82, 2.24) is 5.32 Å². The van der Waals surface area contributed by atoms with Gasteiger partial charge in [-0.1, -0.05) is 23.2 Å². The Labute approximate surface area is 121 Å². The van der Waals surface area contributed by atoms with Crippen molar-refractivity contribution in [3.63, 3.8) is 0 Å². The maximum absolute atomic E-state index is 6.27. The highest BCUT2D eigenvalue weighted by molar-refractivity contribution is 6.38. The fourth-order valence-corrected chi connectivity index (χ4v) is 2.81. The summed E-state index contributed by atoms with van der Waals surface area (Å²) < 4.78 is 11.1. The first kappa shape index (κ1) is 13.3. The average Bonchev–Trinajstić information content (AvgIpc) is 3.11. The van der Waals surface area contributed by atoms with Gasteiger partial charge in [0.1, 0.15) is 11.3 Å². The van der Waals surface area contributed by atoms with Gasteiger partial charge in [0.2, 0.25) is 0 Å². The van der Waals surface area contributed by atoms with Crippen LogP contribution >= 0.6 is 23.2 Å². The summed E-state index contributed by atoms with van der Waals surface area (Å²) in [6.07, 6.45) is 2.48. The van der Waals surface area contributed by atoms with Crippen molar-refractivity contribution in [2.45, 2.75) is 32.0 Å². The number of ether oxygens (including phenoxy) is 1. The van der Waals surface area contributed by atoms with Crippen LogP contribution in [0.2, 0.25) is 10.0 Å². The lowest BCUT2D eigenvalue weighted by Crippen LogP contribution is -2.15. The minimum Gasteiger partial charge on any atom is -0.459 e. The van der Waals surface area contributed by atoms with Gasteiger partial charge in [-0.3, -0.25) is 0 Å². The van der Waals surface area contributed by atoms with Gasteiger partial charge in [0.05, 0.1) is 18.2 Å². The summed E-state index contributed by atoms with van der Waals surface area (Å²) in [5, 5.41) is 5.53. The van der Waals surface area contributed by atoms with Crippen molar-refractivity contribution in [2.24, 2.45) is 0 Å². The van der Waals surface area contributed by atoms with Crippen LogP contribution in [0.15, 0.2) is 16.5 Å². The van der Waals surface area contributed by atoms with Crippen LogP contribution in [0.1, 0.15) is 24.2 Å². The minimum absolute atomic E-state index is 0.482. The monoisotopic (exact) mass is 299 g/mol. The standard InChI is InChI=1S/C14H15Cl2NO2/c1-18-7-10-13(6-17-9-2-3-9)19-12-5-8(15)4-11(16)14(10)12/h4-5,9,17H,2-3,6-7H2,1H3. The lowest BCUT2D eigenvalue weighted by Gasteiger charge is -2.03. The molecular formula is C14H15Cl2NO2. The molecule has 2 aromatic rings. The molecule has 1 aliphatic carbocycles. The topological polar surface area (TPSA) is 34.4 Å². The molecule has 3 nitrogen and oxygen atoms in total. The fourth-order valence-electron chi connectivity index (χ4n) is 2.22. The summed E-state index contributed by atoms with van der Waals surface area (Å²) in [5.41, 5.74) is 1.73. The Morgan fingerprint density at radius 2 is 2.16 bits per heavy atom. The molecule has 3 rings (SSSR count). The molecule has 0 aliphatic heterocycles. The van der Waals surface area contributed by atoms with E-state index >= 15 is 0 Å². The SMILES string of the molecule is COCc1c(CNC2CC2)oc2cc(Cl)cc(Cl)c12. The van der Waals surface area contributed by atoms with E-state index in [0.29, 0.717) is 29.2 Å². The number of benzene rings is 1. The number of hydrogen-bond donors (Lipinski definition) is 1. The van der Waals surface area contributed by atoms with E-state index in [-0.39, 0.29) is 0 Å². The van der Waals surface area contributed by atoms with E-state index in [1.165, 1.54) is 12.8 Å². The number of hydrogen-bond acceptors (Lipinski definition) is 3. The van der Waals surface area contributed by atoms with E-state index in [9.17, 15) is 0 Å². The number of nitrogens with one attached hydrogen (secondary N) is 1. The molecule has 5 heteroatoms. The highest BCUT2D eigenvalue weighted by Gasteiger charge is 2.23. The van der Waals surface area contributed by atoms with Gasteiger partial charge in [-0.05, 0) is 18.9 Å². The van der Waals surface area contributed by atoms with Gasteiger partial charge in [-0.15, -0.1) is 0 Å². The van der Waals surface area contributed by atoms with Crippen molar-refractivity contribution in [2.75, 3.05) is 7.11 Å². The quantitative estimate of drug-likeness (QED) is 0.901. The molecule has 1 fully saturated rings. The minimum atomic E-state index is 0.482. The lowest BCUT2D eigenvalue weighted by atomic mass is 10.1. The molecular weight excluding hydrogens is 285 g/mol. The van der Waals surface area contributed by atoms with Gasteiger partial charge in [0.15, 0.2) is 0 Å². The Morgan fingerprint density at radius 1 is 1.37 bits per heavy atom. The maximum Gasteiger partial charge on any atom is 0.137 e. The zero-order chi connectivity index (χ0) is 13.4. The number of methoxy groups -OCH3 is 1. The Hall–Kier alpha value is -0.740.